The van der Waals surface area contributed by atoms with Gasteiger partial charge in [0, 0.05) is 43.8 Å². The van der Waals surface area contributed by atoms with Gasteiger partial charge in [0.2, 0.25) is 0 Å². The summed E-state index contributed by atoms with van der Waals surface area (Å²) >= 11 is 0. The van der Waals surface area contributed by atoms with E-state index in [0.717, 1.165) is 49.2 Å². The molecule has 1 saturated heterocycles. The molecule has 2 heterocycles. The fraction of sp³-hybridized carbons (Fsp3) is 0.438. The molecule has 0 radical (unpaired) electrons. The Morgan fingerprint density at radius 1 is 1.10 bits per heavy atom. The van der Waals surface area contributed by atoms with Crippen LogP contribution in [0.2, 0.25) is 0 Å². The Kier molecular flexibility index (Phi) is 3.59. The highest BCUT2D eigenvalue weighted by Crippen LogP contribution is 2.20. The molecule has 3 rings (SSSR count). The molecule has 2 aromatic rings. The Balaban J connectivity index is 1.97. The number of nitrogens with one attached hydrogen (secondary N) is 1. The fourth-order valence-corrected chi connectivity index (χ4v) is 2.89. The van der Waals surface area contributed by atoms with Crippen molar-refractivity contribution in [1.29, 1.82) is 0 Å². The highest BCUT2D eigenvalue weighted by atomic mass is 16.1. The van der Waals surface area contributed by atoms with Gasteiger partial charge in [0.1, 0.15) is 0 Å². The number of hydrogen-bond acceptors (Lipinski definition) is 3. The normalized spacial score (nSPS) is 17.7. The van der Waals surface area contributed by atoms with Crippen LogP contribution in [0.4, 0.5) is 0 Å². The van der Waals surface area contributed by atoms with Crippen LogP contribution in [0.3, 0.4) is 0 Å². The van der Waals surface area contributed by atoms with Gasteiger partial charge in [0.25, 0.3) is 5.56 Å². The average molecular weight is 271 g/mol. The van der Waals surface area contributed by atoms with Gasteiger partial charge in [-0.25, -0.2) is 0 Å². The van der Waals surface area contributed by atoms with Crippen LogP contribution in [0.15, 0.2) is 29.1 Å². The quantitative estimate of drug-likeness (QED) is 0.901. The van der Waals surface area contributed by atoms with Crippen LogP contribution < -0.4 is 5.56 Å². The van der Waals surface area contributed by atoms with Crippen LogP contribution in [0.25, 0.3) is 10.8 Å². The van der Waals surface area contributed by atoms with Gasteiger partial charge in [-0.15, -0.1) is 0 Å². The van der Waals surface area contributed by atoms with Crippen molar-refractivity contribution in [1.82, 2.24) is 14.8 Å². The molecule has 0 saturated carbocycles. The maximum atomic E-state index is 12.0. The fourth-order valence-electron chi connectivity index (χ4n) is 2.89. The number of nitrogens with zero attached hydrogens (tertiary/aromatic N) is 2. The maximum Gasteiger partial charge on any atom is 0.256 e. The number of aromatic amines is 1. The van der Waals surface area contributed by atoms with Gasteiger partial charge in [-0.2, -0.15) is 0 Å². The number of rotatable bonds is 2. The van der Waals surface area contributed by atoms with Crippen molar-refractivity contribution in [3.8, 4) is 0 Å². The third kappa shape index (κ3) is 2.49. The van der Waals surface area contributed by atoms with Gasteiger partial charge < -0.3 is 9.88 Å². The van der Waals surface area contributed by atoms with Crippen molar-refractivity contribution in [2.45, 2.75) is 13.5 Å². The van der Waals surface area contributed by atoms with Gasteiger partial charge in [-0.1, -0.05) is 18.2 Å². The van der Waals surface area contributed by atoms with E-state index >= 15 is 0 Å². The van der Waals surface area contributed by atoms with Crippen LogP contribution in [0, 0.1) is 6.92 Å². The molecule has 1 aliphatic rings. The second-order valence-corrected chi connectivity index (χ2v) is 5.68. The number of H-pyrrole nitrogens is 1. The van der Waals surface area contributed by atoms with E-state index in [1.807, 2.05) is 25.1 Å². The first-order chi connectivity index (χ1) is 9.65. The summed E-state index contributed by atoms with van der Waals surface area (Å²) in [5.41, 5.74) is 2.26. The zero-order valence-electron chi connectivity index (χ0n) is 12.1. The van der Waals surface area contributed by atoms with E-state index in [-0.39, 0.29) is 5.56 Å². The third-order valence-corrected chi connectivity index (χ3v) is 4.23. The SMILES string of the molecule is Cc1[nH]c(=O)c2ccccc2c1CN1CCN(C)CC1. The predicted molar refractivity (Wildman–Crippen MR) is 82.1 cm³/mol. The second kappa shape index (κ2) is 5.38. The minimum Gasteiger partial charge on any atom is -0.326 e. The van der Waals surface area contributed by atoms with Crippen molar-refractivity contribution in [3.63, 3.8) is 0 Å². The first-order valence-electron chi connectivity index (χ1n) is 7.16. The lowest BCUT2D eigenvalue weighted by Crippen LogP contribution is -2.44. The molecular weight excluding hydrogens is 250 g/mol. The summed E-state index contributed by atoms with van der Waals surface area (Å²) in [7, 11) is 2.16. The van der Waals surface area contributed by atoms with Crippen LogP contribution in [0.5, 0.6) is 0 Å². The van der Waals surface area contributed by atoms with Gasteiger partial charge in [-0.3, -0.25) is 9.69 Å². The average Bonchev–Trinajstić information content (AvgIpc) is 2.45. The maximum absolute atomic E-state index is 12.0. The monoisotopic (exact) mass is 271 g/mol. The first-order valence-corrected chi connectivity index (χ1v) is 7.16. The topological polar surface area (TPSA) is 39.3 Å². The van der Waals surface area contributed by atoms with E-state index in [0.29, 0.717) is 0 Å². The van der Waals surface area contributed by atoms with Crippen molar-refractivity contribution >= 4 is 10.8 Å². The van der Waals surface area contributed by atoms with Crippen molar-refractivity contribution in [3.05, 3.63) is 45.9 Å². The third-order valence-electron chi connectivity index (χ3n) is 4.23. The largest absolute Gasteiger partial charge is 0.326 e. The molecule has 4 nitrogen and oxygen atoms in total. The van der Waals surface area contributed by atoms with Crippen LogP contribution >= 0.6 is 0 Å². The van der Waals surface area contributed by atoms with Gasteiger partial charge >= 0.3 is 0 Å². The van der Waals surface area contributed by atoms with E-state index < -0.39 is 0 Å². The van der Waals surface area contributed by atoms with Crippen molar-refractivity contribution in [2.75, 3.05) is 33.2 Å². The van der Waals surface area contributed by atoms with E-state index in [4.69, 9.17) is 0 Å². The number of benzene rings is 1. The van der Waals surface area contributed by atoms with Gasteiger partial charge in [-0.05, 0) is 31.0 Å². The predicted octanol–water partition coefficient (Wildman–Crippen LogP) is 1.58. The molecule has 1 N–H and O–H groups in total. The van der Waals surface area contributed by atoms with Crippen LogP contribution in [0.1, 0.15) is 11.3 Å². The molecule has 0 spiro atoms. The van der Waals surface area contributed by atoms with Gasteiger partial charge in [0.05, 0.1) is 0 Å². The highest BCUT2D eigenvalue weighted by Gasteiger charge is 2.16. The van der Waals surface area contributed by atoms with Crippen LogP contribution in [-0.2, 0) is 6.54 Å². The Morgan fingerprint density at radius 2 is 1.75 bits per heavy atom. The molecular formula is C16H21N3O. The lowest BCUT2D eigenvalue weighted by molar-refractivity contribution is 0.148. The zero-order valence-corrected chi connectivity index (χ0v) is 12.1. The summed E-state index contributed by atoms with van der Waals surface area (Å²) in [5.74, 6) is 0. The molecule has 1 fully saturated rings. The second-order valence-electron chi connectivity index (χ2n) is 5.68. The smallest absolute Gasteiger partial charge is 0.256 e. The van der Waals surface area contributed by atoms with Crippen molar-refractivity contribution < 1.29 is 0 Å². The molecule has 1 aliphatic heterocycles. The number of piperazine rings is 1. The zero-order chi connectivity index (χ0) is 14.1. The Bertz CT molecular complexity index is 669. The molecule has 0 unspecified atom stereocenters. The Morgan fingerprint density at radius 3 is 2.45 bits per heavy atom. The molecule has 0 atom stereocenters. The molecule has 1 aromatic carbocycles. The van der Waals surface area contributed by atoms with E-state index in [9.17, 15) is 4.79 Å². The summed E-state index contributed by atoms with van der Waals surface area (Å²) in [6, 6.07) is 7.89. The molecule has 106 valence electrons. The minimum absolute atomic E-state index is 0.0141. The number of aryl methyl sites for hydroxylation is 1. The number of fused-ring (bicyclic) bond motifs is 1. The van der Waals surface area contributed by atoms with Crippen molar-refractivity contribution in [2.24, 2.45) is 0 Å². The lowest BCUT2D eigenvalue weighted by atomic mass is 10.0. The molecule has 4 heteroatoms. The summed E-state index contributed by atoms with van der Waals surface area (Å²) in [6.07, 6.45) is 0. The standard InChI is InChI=1S/C16H21N3O/c1-12-15(11-19-9-7-18(2)8-10-19)13-5-3-4-6-14(13)16(20)17-12/h3-6H,7-11H2,1-2H3,(H,17,20). The summed E-state index contributed by atoms with van der Waals surface area (Å²) in [4.78, 5) is 19.8. The van der Waals surface area contributed by atoms with Gasteiger partial charge in [0.15, 0.2) is 0 Å². The molecule has 1 aromatic heterocycles. The minimum atomic E-state index is 0.0141. The molecule has 0 amide bonds. The summed E-state index contributed by atoms with van der Waals surface area (Å²) in [5, 5.41) is 1.88. The van der Waals surface area contributed by atoms with E-state index in [1.54, 1.807) is 0 Å². The molecule has 0 aliphatic carbocycles. The Hall–Kier alpha value is -1.65. The number of aromatic nitrogens is 1. The van der Waals surface area contributed by atoms with E-state index in [2.05, 4.69) is 27.9 Å². The molecule has 0 bridgehead atoms. The number of pyridine rings is 1. The lowest BCUT2D eigenvalue weighted by Gasteiger charge is -2.32. The molecule has 20 heavy (non-hydrogen) atoms. The summed E-state index contributed by atoms with van der Waals surface area (Å²) < 4.78 is 0. The van der Waals surface area contributed by atoms with E-state index in [1.165, 1.54) is 5.56 Å². The number of likely N-dealkylation sites (N-methyl/N-ethyl adjacent to an activating group) is 1. The summed E-state index contributed by atoms with van der Waals surface area (Å²) in [6.45, 7) is 7.31. The Labute approximate surface area is 119 Å². The first kappa shape index (κ1) is 13.3. The number of hydrogen-bond donors (Lipinski definition) is 1. The highest BCUT2D eigenvalue weighted by molar-refractivity contribution is 5.85. The van der Waals surface area contributed by atoms with Crippen LogP contribution in [-0.4, -0.2) is 48.0 Å².